The molecule has 1 atom stereocenters. The molecule has 0 saturated carbocycles. The number of sulfonamides is 1. The molecule has 0 saturated heterocycles. The van der Waals surface area contributed by atoms with Gasteiger partial charge in [-0.15, -0.1) is 0 Å². The predicted octanol–water partition coefficient (Wildman–Crippen LogP) is 3.83. The third kappa shape index (κ3) is 5.17. The number of ether oxygens (including phenoxy) is 1. The third-order valence-corrected chi connectivity index (χ3v) is 7.43. The van der Waals surface area contributed by atoms with E-state index in [1.807, 2.05) is 44.2 Å². The largest absolute Gasteiger partial charge is 0.497 e. The normalized spacial score (nSPS) is 17.0. The fourth-order valence-electron chi connectivity index (χ4n) is 3.79. The van der Waals surface area contributed by atoms with Crippen LogP contribution in [0, 0.1) is 5.92 Å². The van der Waals surface area contributed by atoms with Crippen molar-refractivity contribution < 1.29 is 17.9 Å². The average molecular weight is 443 g/mol. The molecular weight excluding hydrogens is 412 g/mol. The van der Waals surface area contributed by atoms with Gasteiger partial charge in [0, 0.05) is 13.1 Å². The van der Waals surface area contributed by atoms with Crippen molar-refractivity contribution >= 4 is 21.5 Å². The maximum absolute atomic E-state index is 13.5. The van der Waals surface area contributed by atoms with Crippen LogP contribution in [-0.4, -0.2) is 38.3 Å². The molecule has 31 heavy (non-hydrogen) atoms. The molecule has 0 bridgehead atoms. The summed E-state index contributed by atoms with van der Waals surface area (Å²) in [7, 11) is -2.24. The Bertz CT molecular complexity index is 1050. The number of hydrogen-bond donors (Lipinski definition) is 1. The monoisotopic (exact) mass is 442 g/mol. The Balaban J connectivity index is 1.87. The van der Waals surface area contributed by atoms with Crippen LogP contribution in [0.2, 0.25) is 0 Å². The fraction of sp³-hybridized carbons (Fsp3) is 0.375. The molecule has 7 heteroatoms. The lowest BCUT2D eigenvalue weighted by Crippen LogP contribution is -2.50. The zero-order valence-electron chi connectivity index (χ0n) is 18.3. The summed E-state index contributed by atoms with van der Waals surface area (Å²) in [6.07, 6.45) is 0.916. The van der Waals surface area contributed by atoms with Gasteiger partial charge in [-0.3, -0.25) is 4.79 Å². The van der Waals surface area contributed by atoms with Crippen molar-refractivity contribution in [1.82, 2.24) is 9.62 Å². The van der Waals surface area contributed by atoms with Crippen molar-refractivity contribution in [3.8, 4) is 5.75 Å². The van der Waals surface area contributed by atoms with E-state index in [0.29, 0.717) is 24.9 Å². The smallest absolute Gasteiger partial charge is 0.244 e. The third-order valence-electron chi connectivity index (χ3n) is 5.46. The topological polar surface area (TPSA) is 75.7 Å². The molecule has 1 N–H and O–H groups in total. The van der Waals surface area contributed by atoms with Crippen LogP contribution in [0.15, 0.2) is 60.0 Å². The Morgan fingerprint density at radius 3 is 2.48 bits per heavy atom. The average Bonchev–Trinajstić information content (AvgIpc) is 2.85. The van der Waals surface area contributed by atoms with E-state index in [4.69, 9.17) is 4.74 Å². The summed E-state index contributed by atoms with van der Waals surface area (Å²) < 4.78 is 33.6. The number of nitrogens with zero attached hydrogens (tertiary/aromatic N) is 1. The van der Waals surface area contributed by atoms with Gasteiger partial charge in [0.1, 0.15) is 11.8 Å². The fourth-order valence-corrected chi connectivity index (χ4v) is 5.63. The van der Waals surface area contributed by atoms with Crippen LogP contribution in [0.3, 0.4) is 0 Å². The number of methoxy groups -OCH3 is 1. The minimum absolute atomic E-state index is 0.147. The first-order valence-electron chi connectivity index (χ1n) is 10.4. The highest BCUT2D eigenvalue weighted by atomic mass is 32.2. The molecule has 0 unspecified atom stereocenters. The molecule has 1 amide bonds. The van der Waals surface area contributed by atoms with Gasteiger partial charge in [-0.05, 0) is 53.7 Å². The molecule has 3 rings (SSSR count). The summed E-state index contributed by atoms with van der Waals surface area (Å²) in [6, 6.07) is 13.5. The molecule has 0 radical (unpaired) electrons. The summed E-state index contributed by atoms with van der Waals surface area (Å²) in [4.78, 5) is 13.4. The van der Waals surface area contributed by atoms with E-state index in [2.05, 4.69) is 11.9 Å². The molecule has 1 aliphatic rings. The van der Waals surface area contributed by atoms with E-state index in [1.54, 1.807) is 25.3 Å². The second kappa shape index (κ2) is 9.66. The molecular formula is C24H30N2O4S. The second-order valence-electron chi connectivity index (χ2n) is 8.18. The van der Waals surface area contributed by atoms with Crippen LogP contribution in [0.4, 0.5) is 0 Å². The van der Waals surface area contributed by atoms with Crippen LogP contribution >= 0.6 is 0 Å². The molecule has 0 fully saturated rings. The molecule has 1 aliphatic heterocycles. The highest BCUT2D eigenvalue weighted by Crippen LogP contribution is 2.33. The molecule has 6 nitrogen and oxygen atoms in total. The van der Waals surface area contributed by atoms with Gasteiger partial charge < -0.3 is 10.1 Å². The van der Waals surface area contributed by atoms with Gasteiger partial charge in [0.05, 0.1) is 12.0 Å². The van der Waals surface area contributed by atoms with E-state index in [0.717, 1.165) is 16.9 Å². The van der Waals surface area contributed by atoms with Gasteiger partial charge in [0.2, 0.25) is 15.9 Å². The quantitative estimate of drug-likeness (QED) is 0.707. The SMILES string of the molecule is C=C1CCN([C@H](CC(C)C)C(=O)NCc2ccc(OC)cc2)S(=O)(=O)c2ccccc21. The van der Waals surface area contributed by atoms with E-state index in [1.165, 1.54) is 4.31 Å². The second-order valence-corrected chi connectivity index (χ2v) is 10.0. The van der Waals surface area contributed by atoms with Crippen molar-refractivity contribution in [1.29, 1.82) is 0 Å². The van der Waals surface area contributed by atoms with Crippen molar-refractivity contribution in [2.75, 3.05) is 13.7 Å². The molecule has 0 aliphatic carbocycles. The zero-order valence-corrected chi connectivity index (χ0v) is 19.1. The maximum atomic E-state index is 13.5. The van der Waals surface area contributed by atoms with Crippen LogP contribution in [0.25, 0.3) is 5.57 Å². The number of carbonyl (C=O) groups excluding carboxylic acids is 1. The Labute approximate surface area is 185 Å². The summed E-state index contributed by atoms with van der Waals surface area (Å²) in [5, 5.41) is 2.92. The standard InChI is InChI=1S/C24H30N2O4S/c1-17(2)15-22(24(27)25-16-19-9-11-20(30-4)12-10-19)26-14-13-18(3)21-7-5-6-8-23(21)31(26,28)29/h5-12,17,22H,3,13-16H2,1-2,4H3,(H,25,27)/t22-/m1/s1. The lowest BCUT2D eigenvalue weighted by atomic mass is 10.0. The summed E-state index contributed by atoms with van der Waals surface area (Å²) in [6.45, 7) is 8.58. The van der Waals surface area contributed by atoms with E-state index in [9.17, 15) is 13.2 Å². The van der Waals surface area contributed by atoms with Gasteiger partial charge in [0.15, 0.2) is 0 Å². The molecule has 0 aromatic heterocycles. The predicted molar refractivity (Wildman–Crippen MR) is 122 cm³/mol. The van der Waals surface area contributed by atoms with E-state index in [-0.39, 0.29) is 23.3 Å². The highest BCUT2D eigenvalue weighted by Gasteiger charge is 2.39. The van der Waals surface area contributed by atoms with Gasteiger partial charge in [-0.25, -0.2) is 8.42 Å². The first kappa shape index (κ1) is 23.0. The van der Waals surface area contributed by atoms with Gasteiger partial charge in [-0.1, -0.05) is 50.8 Å². The molecule has 2 aromatic rings. The minimum atomic E-state index is -3.84. The van der Waals surface area contributed by atoms with Gasteiger partial charge in [0.25, 0.3) is 0 Å². The minimum Gasteiger partial charge on any atom is -0.497 e. The summed E-state index contributed by atoms with van der Waals surface area (Å²) >= 11 is 0. The Hall–Kier alpha value is -2.64. The lowest BCUT2D eigenvalue weighted by molar-refractivity contribution is -0.125. The zero-order chi connectivity index (χ0) is 22.6. The number of rotatable bonds is 7. The Morgan fingerprint density at radius 1 is 1.16 bits per heavy atom. The van der Waals surface area contributed by atoms with Crippen LogP contribution in [-0.2, 0) is 21.4 Å². The Morgan fingerprint density at radius 2 is 1.84 bits per heavy atom. The first-order valence-corrected chi connectivity index (χ1v) is 11.9. The molecule has 2 aromatic carbocycles. The van der Waals surface area contributed by atoms with Crippen molar-refractivity contribution in [2.45, 2.75) is 44.2 Å². The van der Waals surface area contributed by atoms with Crippen molar-refractivity contribution in [3.63, 3.8) is 0 Å². The van der Waals surface area contributed by atoms with Crippen LogP contribution < -0.4 is 10.1 Å². The van der Waals surface area contributed by atoms with Crippen LogP contribution in [0.5, 0.6) is 5.75 Å². The van der Waals surface area contributed by atoms with Crippen molar-refractivity contribution in [3.05, 3.63) is 66.2 Å². The number of amides is 1. The molecule has 0 spiro atoms. The lowest BCUT2D eigenvalue weighted by Gasteiger charge is -2.30. The molecule has 166 valence electrons. The maximum Gasteiger partial charge on any atom is 0.244 e. The van der Waals surface area contributed by atoms with Crippen molar-refractivity contribution in [2.24, 2.45) is 5.92 Å². The van der Waals surface area contributed by atoms with Gasteiger partial charge in [-0.2, -0.15) is 4.31 Å². The number of carbonyl (C=O) groups is 1. The van der Waals surface area contributed by atoms with E-state index >= 15 is 0 Å². The number of benzene rings is 2. The van der Waals surface area contributed by atoms with E-state index < -0.39 is 16.1 Å². The number of nitrogens with one attached hydrogen (secondary N) is 1. The number of hydrogen-bond acceptors (Lipinski definition) is 4. The first-order chi connectivity index (χ1) is 14.7. The highest BCUT2D eigenvalue weighted by molar-refractivity contribution is 7.89. The number of fused-ring (bicyclic) bond motifs is 1. The summed E-state index contributed by atoms with van der Waals surface area (Å²) in [5.74, 6) is 0.592. The Kier molecular flexibility index (Phi) is 7.18. The van der Waals surface area contributed by atoms with Crippen LogP contribution in [0.1, 0.15) is 37.8 Å². The summed E-state index contributed by atoms with van der Waals surface area (Å²) in [5.41, 5.74) is 2.31. The molecule has 1 heterocycles. The van der Waals surface area contributed by atoms with Gasteiger partial charge >= 0.3 is 0 Å².